The molecule has 0 saturated heterocycles. The maximum absolute atomic E-state index is 9.00. The lowest BCUT2D eigenvalue weighted by atomic mass is 10.1. The molecule has 7 rings (SSSR count). The van der Waals surface area contributed by atoms with Crippen LogP contribution in [0.25, 0.3) is 44.6 Å². The maximum atomic E-state index is 9.00. The standard InChI is InChI=1S/C26H22N8.C2H4O2/c1-3-17(25-27-5-6-28-25)11-19-15(1)9-21(33-19)23-13-32-24(14-31-23)22-10-16-2-4-18(12-20(16)34-22)26-29-7-8-30-26;1-2(3)4/h1-4,9-14,33-34H,5-8H2,(H,27,28)(H,29,30);1H3,(H,3,4). The zero-order valence-electron chi connectivity index (χ0n) is 20.7. The highest BCUT2D eigenvalue weighted by Crippen LogP contribution is 2.27. The van der Waals surface area contributed by atoms with Gasteiger partial charge < -0.3 is 25.7 Å². The first-order valence-electron chi connectivity index (χ1n) is 12.4. The summed E-state index contributed by atoms with van der Waals surface area (Å²) in [7, 11) is 0. The lowest BCUT2D eigenvalue weighted by molar-refractivity contribution is -0.134. The van der Waals surface area contributed by atoms with Gasteiger partial charge in [-0.25, -0.2) is 0 Å². The average molecular weight is 507 g/mol. The third kappa shape index (κ3) is 4.71. The first kappa shape index (κ1) is 23.4. The van der Waals surface area contributed by atoms with Crippen LogP contribution >= 0.6 is 0 Å². The molecule has 2 aromatic carbocycles. The van der Waals surface area contributed by atoms with Gasteiger partial charge in [0, 0.05) is 52.9 Å². The quantitative estimate of drug-likeness (QED) is 0.252. The molecule has 0 spiro atoms. The Balaban J connectivity index is 0.000000620. The highest BCUT2D eigenvalue weighted by atomic mass is 16.4. The molecule has 2 aliphatic rings. The van der Waals surface area contributed by atoms with E-state index in [0.717, 1.165) is 100 Å². The monoisotopic (exact) mass is 506 g/mol. The Bertz CT molecular complexity index is 1590. The van der Waals surface area contributed by atoms with Crippen LogP contribution in [0.5, 0.6) is 0 Å². The van der Waals surface area contributed by atoms with E-state index < -0.39 is 5.97 Å². The van der Waals surface area contributed by atoms with Crippen molar-refractivity contribution in [1.29, 1.82) is 0 Å². The predicted octanol–water partition coefficient (Wildman–Crippen LogP) is 3.56. The molecule has 2 aliphatic heterocycles. The molecule has 10 heteroatoms. The summed E-state index contributed by atoms with van der Waals surface area (Å²) in [5, 5.41) is 16.3. The molecule has 0 fully saturated rings. The maximum Gasteiger partial charge on any atom is 0.300 e. The molecule has 5 aromatic rings. The van der Waals surface area contributed by atoms with Crippen LogP contribution in [0.15, 0.2) is 70.9 Å². The van der Waals surface area contributed by atoms with Crippen molar-refractivity contribution in [3.05, 3.63) is 72.1 Å². The second-order valence-electron chi connectivity index (χ2n) is 9.09. The van der Waals surface area contributed by atoms with Crippen molar-refractivity contribution in [2.75, 3.05) is 26.2 Å². The number of aromatic amines is 2. The molecule has 0 aliphatic carbocycles. The minimum atomic E-state index is -0.833. The number of carboxylic acids is 1. The Morgan fingerprint density at radius 2 is 1.18 bits per heavy atom. The van der Waals surface area contributed by atoms with Gasteiger partial charge in [-0.1, -0.05) is 24.3 Å². The molecular formula is C28H26N8O2. The first-order valence-corrected chi connectivity index (χ1v) is 12.4. The Morgan fingerprint density at radius 3 is 1.55 bits per heavy atom. The van der Waals surface area contributed by atoms with E-state index in [9.17, 15) is 0 Å². The van der Waals surface area contributed by atoms with Gasteiger partial charge in [-0.2, -0.15) is 0 Å². The Kier molecular flexibility index (Phi) is 6.04. The summed E-state index contributed by atoms with van der Waals surface area (Å²) < 4.78 is 0. The Labute approximate surface area is 218 Å². The number of carbonyl (C=O) groups is 1. The SMILES string of the molecule is CC(=O)O.c1cc2cc(-c3cnc(-c4cc5ccc(C6=NCCN6)cc5[nH]4)cn3)[nH]c2cc1C1=NCCN1. The minimum Gasteiger partial charge on any atom is -0.481 e. The van der Waals surface area contributed by atoms with Gasteiger partial charge in [-0.05, 0) is 24.3 Å². The largest absolute Gasteiger partial charge is 0.481 e. The number of benzene rings is 2. The fourth-order valence-corrected chi connectivity index (χ4v) is 4.61. The summed E-state index contributed by atoms with van der Waals surface area (Å²) in [6.45, 7) is 4.54. The molecule has 0 saturated carbocycles. The zero-order valence-corrected chi connectivity index (χ0v) is 20.7. The van der Waals surface area contributed by atoms with Crippen molar-refractivity contribution in [1.82, 2.24) is 30.6 Å². The van der Waals surface area contributed by atoms with Crippen molar-refractivity contribution in [3.8, 4) is 22.8 Å². The van der Waals surface area contributed by atoms with Crippen LogP contribution < -0.4 is 10.6 Å². The topological polar surface area (TPSA) is 143 Å². The number of nitrogens with one attached hydrogen (secondary N) is 4. The third-order valence-electron chi connectivity index (χ3n) is 6.34. The van der Waals surface area contributed by atoms with Gasteiger partial charge in [-0.3, -0.25) is 24.7 Å². The van der Waals surface area contributed by atoms with Crippen LogP contribution in [0.4, 0.5) is 0 Å². The van der Waals surface area contributed by atoms with Crippen LogP contribution in [-0.2, 0) is 4.79 Å². The number of H-pyrrole nitrogens is 2. The fraction of sp³-hybridized carbons (Fsp3) is 0.179. The van der Waals surface area contributed by atoms with Crippen molar-refractivity contribution in [3.63, 3.8) is 0 Å². The molecule has 10 nitrogen and oxygen atoms in total. The number of aromatic nitrogens is 4. The summed E-state index contributed by atoms with van der Waals surface area (Å²) in [5.41, 5.74) is 7.81. The van der Waals surface area contributed by atoms with Crippen molar-refractivity contribution < 1.29 is 9.90 Å². The molecular weight excluding hydrogens is 480 g/mol. The number of aliphatic carboxylic acids is 1. The fourth-order valence-electron chi connectivity index (χ4n) is 4.61. The predicted molar refractivity (Wildman–Crippen MR) is 149 cm³/mol. The normalized spacial score (nSPS) is 14.4. The lowest BCUT2D eigenvalue weighted by Gasteiger charge is -2.02. The summed E-state index contributed by atoms with van der Waals surface area (Å²) in [6, 6.07) is 16.9. The molecule has 3 aromatic heterocycles. The van der Waals surface area contributed by atoms with Crippen LogP contribution in [0.2, 0.25) is 0 Å². The molecule has 190 valence electrons. The van der Waals surface area contributed by atoms with Gasteiger partial charge in [0.1, 0.15) is 23.1 Å². The molecule has 0 atom stereocenters. The van der Waals surface area contributed by atoms with E-state index in [4.69, 9.17) is 19.9 Å². The molecule has 0 amide bonds. The van der Waals surface area contributed by atoms with Crippen LogP contribution in [0.1, 0.15) is 18.1 Å². The molecule has 5 heterocycles. The van der Waals surface area contributed by atoms with Gasteiger partial charge in [-0.15, -0.1) is 0 Å². The smallest absolute Gasteiger partial charge is 0.300 e. The number of nitrogens with zero attached hydrogens (tertiary/aromatic N) is 4. The first-order chi connectivity index (χ1) is 18.5. The van der Waals surface area contributed by atoms with E-state index in [1.165, 1.54) is 0 Å². The van der Waals surface area contributed by atoms with E-state index >= 15 is 0 Å². The highest BCUT2D eigenvalue weighted by molar-refractivity contribution is 6.03. The number of rotatable bonds is 4. The van der Waals surface area contributed by atoms with E-state index in [0.29, 0.717) is 0 Å². The van der Waals surface area contributed by atoms with Crippen molar-refractivity contribution >= 4 is 39.4 Å². The van der Waals surface area contributed by atoms with E-state index in [2.05, 4.69) is 79.1 Å². The second-order valence-corrected chi connectivity index (χ2v) is 9.09. The number of fused-ring (bicyclic) bond motifs is 2. The Morgan fingerprint density at radius 1 is 0.737 bits per heavy atom. The summed E-state index contributed by atoms with van der Waals surface area (Å²) in [4.78, 5) is 34.4. The Hall–Kier alpha value is -4.99. The molecule has 0 bridgehead atoms. The highest BCUT2D eigenvalue weighted by Gasteiger charge is 2.13. The van der Waals surface area contributed by atoms with E-state index in [-0.39, 0.29) is 0 Å². The van der Waals surface area contributed by atoms with Crippen LogP contribution in [-0.4, -0.2) is 68.9 Å². The van der Waals surface area contributed by atoms with Gasteiger partial charge in [0.2, 0.25) is 0 Å². The molecule has 38 heavy (non-hydrogen) atoms. The van der Waals surface area contributed by atoms with Crippen LogP contribution in [0.3, 0.4) is 0 Å². The number of aliphatic imine (C=N–C) groups is 2. The van der Waals surface area contributed by atoms with Gasteiger partial charge >= 0.3 is 0 Å². The van der Waals surface area contributed by atoms with Crippen LogP contribution in [0, 0.1) is 0 Å². The average Bonchev–Trinajstić information content (AvgIpc) is 3.74. The van der Waals surface area contributed by atoms with Gasteiger partial charge in [0.05, 0.1) is 36.9 Å². The molecule has 0 radical (unpaired) electrons. The second kappa shape index (κ2) is 9.81. The summed E-state index contributed by atoms with van der Waals surface area (Å²) in [6.07, 6.45) is 3.63. The van der Waals surface area contributed by atoms with E-state index in [1.807, 2.05) is 12.4 Å². The summed E-state index contributed by atoms with van der Waals surface area (Å²) >= 11 is 0. The third-order valence-corrected chi connectivity index (χ3v) is 6.34. The van der Waals surface area contributed by atoms with Gasteiger partial charge in [0.25, 0.3) is 5.97 Å². The van der Waals surface area contributed by atoms with Gasteiger partial charge in [0.15, 0.2) is 0 Å². The van der Waals surface area contributed by atoms with Crippen molar-refractivity contribution in [2.24, 2.45) is 9.98 Å². The number of hydrogen-bond acceptors (Lipinski definition) is 7. The van der Waals surface area contributed by atoms with Crippen molar-refractivity contribution in [2.45, 2.75) is 6.92 Å². The molecule has 5 N–H and O–H groups in total. The number of carboxylic acid groups (broad SMARTS) is 1. The van der Waals surface area contributed by atoms with E-state index in [1.54, 1.807) is 0 Å². The number of amidine groups is 2. The molecule has 0 unspecified atom stereocenters. The number of hydrogen-bond donors (Lipinski definition) is 5. The lowest BCUT2D eigenvalue weighted by Crippen LogP contribution is -2.19. The minimum absolute atomic E-state index is 0.807. The zero-order chi connectivity index (χ0) is 26.1. The summed E-state index contributed by atoms with van der Waals surface area (Å²) in [5.74, 6) is 1.08.